The first-order valence-electron chi connectivity index (χ1n) is 10.5. The molecule has 0 bridgehead atoms. The lowest BCUT2D eigenvalue weighted by Gasteiger charge is -2.06. The number of nitrogens with one attached hydrogen (secondary N) is 1. The molecule has 0 radical (unpaired) electrons. The minimum Gasteiger partial charge on any atom is -0.487 e. The third-order valence-electron chi connectivity index (χ3n) is 5.25. The van der Waals surface area contributed by atoms with Crippen LogP contribution >= 0.6 is 11.6 Å². The van der Waals surface area contributed by atoms with Crippen molar-refractivity contribution in [3.8, 4) is 17.3 Å². The molecule has 0 aliphatic heterocycles. The summed E-state index contributed by atoms with van der Waals surface area (Å²) < 4.78 is 13.4. The molecule has 0 unspecified atom stereocenters. The molecule has 1 N–H and O–H groups in total. The van der Waals surface area contributed by atoms with Crippen molar-refractivity contribution >= 4 is 22.5 Å². The maximum absolute atomic E-state index is 6.06. The van der Waals surface area contributed by atoms with Gasteiger partial charge in [0.2, 0.25) is 5.89 Å². The van der Waals surface area contributed by atoms with E-state index in [4.69, 9.17) is 20.8 Å². The van der Waals surface area contributed by atoms with Crippen LogP contribution in [0.5, 0.6) is 5.75 Å². The number of oxazole rings is 1. The average molecular weight is 448 g/mol. The Morgan fingerprint density at radius 3 is 2.81 bits per heavy atom. The van der Waals surface area contributed by atoms with E-state index in [2.05, 4.69) is 32.4 Å². The summed E-state index contributed by atoms with van der Waals surface area (Å²) in [5.41, 5.74) is 3.81. The van der Waals surface area contributed by atoms with Crippen LogP contribution in [-0.2, 0) is 19.6 Å². The minimum atomic E-state index is 0.340. The minimum absolute atomic E-state index is 0.340. The van der Waals surface area contributed by atoms with Crippen molar-refractivity contribution in [1.82, 2.24) is 25.0 Å². The molecule has 0 aliphatic carbocycles. The summed E-state index contributed by atoms with van der Waals surface area (Å²) >= 11 is 6.06. The van der Waals surface area contributed by atoms with Gasteiger partial charge in [-0.05, 0) is 61.2 Å². The van der Waals surface area contributed by atoms with E-state index in [1.165, 1.54) is 5.56 Å². The number of ether oxygens (including phenoxy) is 1. The fourth-order valence-electron chi connectivity index (χ4n) is 3.58. The molecule has 2 aromatic carbocycles. The fourth-order valence-corrected chi connectivity index (χ4v) is 3.76. The number of nitrogens with zero attached hydrogens (tertiary/aromatic N) is 4. The van der Waals surface area contributed by atoms with Crippen LogP contribution in [0.4, 0.5) is 0 Å². The zero-order valence-corrected chi connectivity index (χ0v) is 18.1. The number of halogens is 1. The number of fused-ring (bicyclic) bond motifs is 1. The molecule has 0 amide bonds. The number of aryl methyl sites for hydroxylation is 2. The highest BCUT2D eigenvalue weighted by atomic mass is 35.5. The normalized spacial score (nSPS) is 11.3. The van der Waals surface area contributed by atoms with Crippen LogP contribution in [0.1, 0.15) is 24.1 Å². The van der Waals surface area contributed by atoms with Gasteiger partial charge in [0.1, 0.15) is 30.0 Å². The van der Waals surface area contributed by atoms with Crippen molar-refractivity contribution in [3.63, 3.8) is 0 Å². The fraction of sp³-hybridized carbons (Fsp3) is 0.208. The summed E-state index contributed by atoms with van der Waals surface area (Å²) in [5.74, 6) is 1.33. The highest BCUT2D eigenvalue weighted by molar-refractivity contribution is 6.31. The summed E-state index contributed by atoms with van der Waals surface area (Å²) in [4.78, 5) is 7.83. The second-order valence-corrected chi connectivity index (χ2v) is 8.05. The van der Waals surface area contributed by atoms with Crippen LogP contribution in [0.15, 0.2) is 71.6 Å². The van der Waals surface area contributed by atoms with E-state index >= 15 is 0 Å². The molecule has 5 aromatic rings. The van der Waals surface area contributed by atoms with Crippen LogP contribution in [0.25, 0.3) is 22.5 Å². The zero-order valence-electron chi connectivity index (χ0n) is 17.4. The van der Waals surface area contributed by atoms with Crippen LogP contribution in [0, 0.1) is 0 Å². The molecule has 0 fully saturated rings. The van der Waals surface area contributed by atoms with Gasteiger partial charge < -0.3 is 14.1 Å². The lowest BCUT2D eigenvalue weighted by molar-refractivity contribution is 0.301. The lowest BCUT2D eigenvalue weighted by atomic mass is 10.1. The van der Waals surface area contributed by atoms with Crippen LogP contribution < -0.4 is 4.74 Å². The Labute approximate surface area is 190 Å². The SMILES string of the molecule is Clc1ccc2[nH]c(-c3nc(COc4ccc(CCCCn5ccnn5)cc4)co3)cc2c1. The van der Waals surface area contributed by atoms with Crippen molar-refractivity contribution in [2.24, 2.45) is 0 Å². The number of hydrogen-bond acceptors (Lipinski definition) is 5. The summed E-state index contributed by atoms with van der Waals surface area (Å²) in [6, 6.07) is 15.9. The van der Waals surface area contributed by atoms with Crippen molar-refractivity contribution in [2.45, 2.75) is 32.4 Å². The van der Waals surface area contributed by atoms with Gasteiger partial charge >= 0.3 is 0 Å². The number of hydrogen-bond donors (Lipinski definition) is 1. The molecular weight excluding hydrogens is 426 g/mol. The number of unbranched alkanes of at least 4 members (excludes halogenated alkanes) is 1. The molecule has 0 atom stereocenters. The first kappa shape index (κ1) is 20.3. The lowest BCUT2D eigenvalue weighted by Crippen LogP contribution is -1.99. The van der Waals surface area contributed by atoms with E-state index in [1.54, 1.807) is 12.5 Å². The first-order chi connectivity index (χ1) is 15.7. The predicted molar refractivity (Wildman–Crippen MR) is 123 cm³/mol. The quantitative estimate of drug-likeness (QED) is 0.294. The van der Waals surface area contributed by atoms with Gasteiger partial charge in [-0.25, -0.2) is 4.98 Å². The monoisotopic (exact) mass is 447 g/mol. The van der Waals surface area contributed by atoms with Crippen molar-refractivity contribution in [2.75, 3.05) is 0 Å². The third kappa shape index (κ3) is 4.84. The van der Waals surface area contributed by atoms with Gasteiger partial charge in [-0.15, -0.1) is 5.10 Å². The zero-order chi connectivity index (χ0) is 21.8. The van der Waals surface area contributed by atoms with E-state index in [1.807, 2.05) is 47.3 Å². The Balaban J connectivity index is 1.12. The number of H-pyrrole nitrogens is 1. The molecule has 0 saturated carbocycles. The van der Waals surface area contributed by atoms with Gasteiger partial charge in [-0.3, -0.25) is 4.68 Å². The summed E-state index contributed by atoms with van der Waals surface area (Å²) in [5, 5.41) is 9.51. The second kappa shape index (κ2) is 9.28. The molecule has 0 spiro atoms. The van der Waals surface area contributed by atoms with E-state index in [0.29, 0.717) is 17.5 Å². The second-order valence-electron chi connectivity index (χ2n) is 7.61. The van der Waals surface area contributed by atoms with E-state index in [0.717, 1.165) is 53.8 Å². The van der Waals surface area contributed by atoms with Gasteiger partial charge in [-0.1, -0.05) is 28.9 Å². The van der Waals surface area contributed by atoms with E-state index < -0.39 is 0 Å². The molecule has 3 aromatic heterocycles. The van der Waals surface area contributed by atoms with Gasteiger partial charge in [0.05, 0.1) is 6.20 Å². The number of aromatic nitrogens is 5. The molecule has 0 saturated heterocycles. The Kier molecular flexibility index (Phi) is 5.89. The Morgan fingerprint density at radius 2 is 1.97 bits per heavy atom. The number of rotatable bonds is 9. The van der Waals surface area contributed by atoms with Crippen LogP contribution in [-0.4, -0.2) is 25.0 Å². The summed E-state index contributed by atoms with van der Waals surface area (Å²) in [6.07, 6.45) is 8.41. The molecule has 7 nitrogen and oxygen atoms in total. The summed E-state index contributed by atoms with van der Waals surface area (Å²) in [7, 11) is 0. The highest BCUT2D eigenvalue weighted by Crippen LogP contribution is 2.26. The Bertz CT molecular complexity index is 1290. The van der Waals surface area contributed by atoms with E-state index in [9.17, 15) is 0 Å². The maximum atomic E-state index is 6.06. The van der Waals surface area contributed by atoms with E-state index in [-0.39, 0.29) is 0 Å². The van der Waals surface area contributed by atoms with Crippen molar-refractivity contribution in [3.05, 3.63) is 83.5 Å². The molecule has 8 heteroatoms. The summed E-state index contributed by atoms with van der Waals surface area (Å²) in [6.45, 7) is 1.24. The third-order valence-corrected chi connectivity index (χ3v) is 5.48. The Hall–Kier alpha value is -3.58. The standard InChI is InChI=1S/C24H22ClN5O2/c25-19-6-9-22-18(13-19)14-23(28-22)24-27-20(16-32-24)15-31-21-7-4-17(5-8-21)3-1-2-11-30-12-10-26-29-30/h4-10,12-14,16,28H,1-3,11,15H2. The van der Waals surface area contributed by atoms with Crippen LogP contribution in [0.2, 0.25) is 5.02 Å². The smallest absolute Gasteiger partial charge is 0.243 e. The number of benzene rings is 2. The molecule has 3 heterocycles. The average Bonchev–Trinajstić information content (AvgIpc) is 3.56. The van der Waals surface area contributed by atoms with Gasteiger partial charge in [0.25, 0.3) is 0 Å². The predicted octanol–water partition coefficient (Wildman–Crippen LogP) is 5.67. The van der Waals surface area contributed by atoms with Crippen molar-refractivity contribution < 1.29 is 9.15 Å². The molecule has 5 rings (SSSR count). The number of aromatic amines is 1. The largest absolute Gasteiger partial charge is 0.487 e. The Morgan fingerprint density at radius 1 is 1.06 bits per heavy atom. The topological polar surface area (TPSA) is 81.8 Å². The highest BCUT2D eigenvalue weighted by Gasteiger charge is 2.11. The van der Waals surface area contributed by atoms with Gasteiger partial charge in [0.15, 0.2) is 0 Å². The van der Waals surface area contributed by atoms with Crippen LogP contribution in [0.3, 0.4) is 0 Å². The van der Waals surface area contributed by atoms with Gasteiger partial charge in [-0.2, -0.15) is 0 Å². The molecule has 0 aliphatic rings. The maximum Gasteiger partial charge on any atom is 0.243 e. The van der Waals surface area contributed by atoms with Crippen molar-refractivity contribution in [1.29, 1.82) is 0 Å². The molecule has 32 heavy (non-hydrogen) atoms. The molecular formula is C24H22ClN5O2. The first-order valence-corrected chi connectivity index (χ1v) is 10.9. The van der Waals surface area contributed by atoms with Gasteiger partial charge in [0, 0.05) is 28.7 Å². The molecule has 162 valence electrons.